The lowest BCUT2D eigenvalue weighted by Crippen LogP contribution is -2.37. The van der Waals surface area contributed by atoms with Crippen LogP contribution in [0, 0.1) is 0 Å². The second-order valence-electron chi connectivity index (χ2n) is 5.95. The third-order valence-electron chi connectivity index (χ3n) is 3.82. The molecule has 0 spiro atoms. The maximum Gasteiger partial charge on any atom is 0.451 e. The predicted molar refractivity (Wildman–Crippen MR) is 102 cm³/mol. The van der Waals surface area contributed by atoms with Gasteiger partial charge in [-0.25, -0.2) is 8.42 Å². The van der Waals surface area contributed by atoms with Crippen LogP contribution in [0.2, 0.25) is 6.32 Å². The molecule has 0 aliphatic carbocycles. The van der Waals surface area contributed by atoms with Gasteiger partial charge in [-0.15, -0.1) is 0 Å². The molecule has 0 saturated carbocycles. The van der Waals surface area contributed by atoms with Crippen LogP contribution in [0.3, 0.4) is 0 Å². The van der Waals surface area contributed by atoms with Crippen molar-refractivity contribution in [2.45, 2.75) is 30.2 Å². The molecule has 0 aliphatic rings. The van der Waals surface area contributed by atoms with Crippen molar-refractivity contribution in [3.63, 3.8) is 0 Å². The van der Waals surface area contributed by atoms with Crippen LogP contribution in [-0.2, 0) is 21.4 Å². The number of carboxylic acids is 1. The number of para-hydroxylation sites is 1. The molecule has 5 N–H and O–H groups in total. The van der Waals surface area contributed by atoms with Gasteiger partial charge >= 0.3 is 13.1 Å². The van der Waals surface area contributed by atoms with E-state index in [1.165, 1.54) is 12.1 Å². The number of benzene rings is 2. The van der Waals surface area contributed by atoms with Crippen molar-refractivity contribution in [1.29, 1.82) is 0 Å². The van der Waals surface area contributed by atoms with Gasteiger partial charge in [0.05, 0.1) is 4.90 Å². The predicted octanol–water partition coefficient (Wildman–Crippen LogP) is 0.893. The van der Waals surface area contributed by atoms with E-state index in [4.69, 9.17) is 15.2 Å². The van der Waals surface area contributed by atoms with Crippen LogP contribution in [0.1, 0.15) is 12.0 Å². The average molecular weight is 392 g/mol. The SMILES string of the molecule is O=C(O)[C@@H](CCB(O)O)NCc1ccc(S(=O)(=O)Nc2ccccc2)cc1. The summed E-state index contributed by atoms with van der Waals surface area (Å²) >= 11 is 0. The van der Waals surface area contributed by atoms with Crippen molar-refractivity contribution in [2.24, 2.45) is 0 Å². The number of hydrogen-bond donors (Lipinski definition) is 5. The van der Waals surface area contributed by atoms with E-state index in [0.717, 1.165) is 0 Å². The van der Waals surface area contributed by atoms with Crippen LogP contribution < -0.4 is 10.0 Å². The van der Waals surface area contributed by atoms with Crippen LogP contribution >= 0.6 is 0 Å². The lowest BCUT2D eigenvalue weighted by Gasteiger charge is -2.14. The molecule has 144 valence electrons. The minimum absolute atomic E-state index is 0.0560. The highest BCUT2D eigenvalue weighted by Gasteiger charge is 2.20. The van der Waals surface area contributed by atoms with Gasteiger partial charge in [0.1, 0.15) is 6.04 Å². The molecule has 0 radical (unpaired) electrons. The Balaban J connectivity index is 1.98. The molecule has 0 fully saturated rings. The number of carbonyl (C=O) groups is 1. The van der Waals surface area contributed by atoms with Gasteiger partial charge in [-0.2, -0.15) is 0 Å². The Bertz CT molecular complexity index is 843. The third kappa shape index (κ3) is 6.68. The average Bonchev–Trinajstić information content (AvgIpc) is 2.62. The number of sulfonamides is 1. The van der Waals surface area contributed by atoms with E-state index in [1.54, 1.807) is 42.5 Å². The summed E-state index contributed by atoms with van der Waals surface area (Å²) < 4.78 is 27.2. The minimum atomic E-state index is -3.71. The van der Waals surface area contributed by atoms with Gasteiger partial charge in [-0.1, -0.05) is 30.3 Å². The standard InChI is InChI=1S/C17H21BN2O6S/c21-17(22)16(10-11-18(23)24)19-12-13-6-8-15(9-7-13)27(25,26)20-14-4-2-1-3-5-14/h1-9,16,19-20,23-24H,10-12H2,(H,21,22)/t16-/m1/s1. The Morgan fingerprint density at radius 3 is 2.22 bits per heavy atom. The first kappa shape index (κ1) is 20.9. The van der Waals surface area contributed by atoms with E-state index in [-0.39, 0.29) is 24.2 Å². The molecular weight excluding hydrogens is 371 g/mol. The maximum atomic E-state index is 12.4. The van der Waals surface area contributed by atoms with Crippen LogP contribution in [0.15, 0.2) is 59.5 Å². The minimum Gasteiger partial charge on any atom is -0.480 e. The van der Waals surface area contributed by atoms with Gasteiger partial charge in [0.2, 0.25) is 0 Å². The van der Waals surface area contributed by atoms with Crippen molar-refractivity contribution in [2.75, 3.05) is 4.72 Å². The Morgan fingerprint density at radius 2 is 1.67 bits per heavy atom. The third-order valence-corrected chi connectivity index (χ3v) is 5.22. The van der Waals surface area contributed by atoms with Crippen molar-refractivity contribution < 1.29 is 28.4 Å². The molecule has 2 aromatic rings. The van der Waals surface area contributed by atoms with Crippen molar-refractivity contribution in [1.82, 2.24) is 5.32 Å². The molecule has 0 bridgehead atoms. The van der Waals surface area contributed by atoms with Crippen molar-refractivity contribution >= 4 is 28.8 Å². The summed E-state index contributed by atoms with van der Waals surface area (Å²) in [4.78, 5) is 11.3. The van der Waals surface area contributed by atoms with Gasteiger partial charge in [-0.3, -0.25) is 9.52 Å². The summed E-state index contributed by atoms with van der Waals surface area (Å²) in [5.41, 5.74) is 1.16. The number of anilines is 1. The van der Waals surface area contributed by atoms with E-state index in [1.807, 2.05) is 0 Å². The first-order chi connectivity index (χ1) is 12.8. The summed E-state index contributed by atoms with van der Waals surface area (Å²) in [5.74, 6) is -1.10. The lowest BCUT2D eigenvalue weighted by molar-refractivity contribution is -0.139. The van der Waals surface area contributed by atoms with Crippen LogP contribution in [0.25, 0.3) is 0 Å². The molecular formula is C17H21BN2O6S. The Hall–Kier alpha value is -2.40. The highest BCUT2D eigenvalue weighted by atomic mass is 32.2. The van der Waals surface area contributed by atoms with E-state index >= 15 is 0 Å². The molecule has 1 atom stereocenters. The first-order valence-corrected chi connectivity index (χ1v) is 9.75. The molecule has 27 heavy (non-hydrogen) atoms. The van der Waals surface area contributed by atoms with Crippen LogP contribution in [0.5, 0.6) is 0 Å². The van der Waals surface area contributed by atoms with Crippen molar-refractivity contribution in [3.8, 4) is 0 Å². The fourth-order valence-corrected chi connectivity index (χ4v) is 3.43. The lowest BCUT2D eigenvalue weighted by atomic mass is 9.82. The zero-order valence-corrected chi connectivity index (χ0v) is 15.3. The number of nitrogens with one attached hydrogen (secondary N) is 2. The molecule has 10 heteroatoms. The summed E-state index contributed by atoms with van der Waals surface area (Å²) in [7, 11) is -5.27. The monoisotopic (exact) mass is 392 g/mol. The van der Waals surface area contributed by atoms with Gasteiger partial charge in [0.25, 0.3) is 10.0 Å². The van der Waals surface area contributed by atoms with E-state index in [2.05, 4.69) is 10.0 Å². The van der Waals surface area contributed by atoms with Gasteiger partial charge in [0.15, 0.2) is 0 Å². The smallest absolute Gasteiger partial charge is 0.451 e. The van der Waals surface area contributed by atoms with Crippen LogP contribution in [-0.4, -0.2) is 42.7 Å². The molecule has 2 aromatic carbocycles. The highest BCUT2D eigenvalue weighted by molar-refractivity contribution is 7.92. The number of aliphatic carboxylic acids is 1. The Kier molecular flexibility index (Phi) is 7.37. The van der Waals surface area contributed by atoms with E-state index < -0.39 is 29.2 Å². The molecule has 0 amide bonds. The largest absolute Gasteiger partial charge is 0.480 e. The second kappa shape index (κ2) is 9.51. The Morgan fingerprint density at radius 1 is 1.04 bits per heavy atom. The molecule has 2 rings (SSSR count). The van der Waals surface area contributed by atoms with Gasteiger partial charge in [-0.05, 0) is 42.6 Å². The Labute approximate surface area is 158 Å². The van der Waals surface area contributed by atoms with E-state index in [9.17, 15) is 13.2 Å². The first-order valence-electron chi connectivity index (χ1n) is 8.27. The fourth-order valence-electron chi connectivity index (χ4n) is 2.38. The topological polar surface area (TPSA) is 136 Å². The molecule has 0 saturated heterocycles. The maximum absolute atomic E-state index is 12.4. The molecule has 0 aromatic heterocycles. The molecule has 0 aliphatic heterocycles. The molecule has 8 nitrogen and oxygen atoms in total. The molecule has 0 unspecified atom stereocenters. The van der Waals surface area contributed by atoms with Gasteiger partial charge < -0.3 is 20.5 Å². The molecule has 0 heterocycles. The zero-order valence-electron chi connectivity index (χ0n) is 14.4. The zero-order chi connectivity index (χ0) is 19.9. The van der Waals surface area contributed by atoms with E-state index in [0.29, 0.717) is 11.3 Å². The van der Waals surface area contributed by atoms with Crippen molar-refractivity contribution in [3.05, 3.63) is 60.2 Å². The summed E-state index contributed by atoms with van der Waals surface area (Å²) in [6.07, 6.45) is -0.00718. The summed E-state index contributed by atoms with van der Waals surface area (Å²) in [5, 5.41) is 29.6. The number of carboxylic acid groups (broad SMARTS) is 1. The number of rotatable bonds is 10. The summed E-state index contributed by atoms with van der Waals surface area (Å²) in [6, 6.07) is 13.6. The second-order valence-corrected chi connectivity index (χ2v) is 7.63. The van der Waals surface area contributed by atoms with Gasteiger partial charge in [0, 0.05) is 12.2 Å². The summed E-state index contributed by atoms with van der Waals surface area (Å²) in [6.45, 7) is 0.199. The number of hydrogen-bond acceptors (Lipinski definition) is 6. The van der Waals surface area contributed by atoms with Crippen LogP contribution in [0.4, 0.5) is 5.69 Å². The fraction of sp³-hybridized carbons (Fsp3) is 0.235. The highest BCUT2D eigenvalue weighted by Crippen LogP contribution is 2.16. The quantitative estimate of drug-likeness (QED) is 0.379. The normalized spacial score (nSPS) is 12.4.